The maximum absolute atomic E-state index is 11.7. The number of rotatable bonds is 5. The van der Waals surface area contributed by atoms with Crippen LogP contribution in [0, 0.1) is 0 Å². The Labute approximate surface area is 188 Å². The van der Waals surface area contributed by atoms with E-state index in [0.29, 0.717) is 5.82 Å². The summed E-state index contributed by atoms with van der Waals surface area (Å²) in [4.78, 5) is 20.1. The van der Waals surface area contributed by atoms with Crippen LogP contribution in [0.2, 0.25) is 0 Å². The molecule has 31 heavy (non-hydrogen) atoms. The number of nitrogens with zero attached hydrogens (tertiary/aromatic N) is 6. The molecule has 3 aromatic rings. The molecule has 0 spiro atoms. The van der Waals surface area contributed by atoms with Crippen molar-refractivity contribution in [1.82, 2.24) is 24.2 Å². The maximum atomic E-state index is 11.7. The zero-order valence-electron chi connectivity index (χ0n) is 17.6. The summed E-state index contributed by atoms with van der Waals surface area (Å²) in [7, 11) is -0.883. The third-order valence-corrected chi connectivity index (χ3v) is 7.91. The van der Waals surface area contributed by atoms with Crippen molar-refractivity contribution in [1.29, 1.82) is 0 Å². The molecule has 2 aliphatic heterocycles. The van der Waals surface area contributed by atoms with E-state index in [9.17, 15) is 4.21 Å². The first-order valence-electron chi connectivity index (χ1n) is 10.5. The van der Waals surface area contributed by atoms with Gasteiger partial charge in [-0.1, -0.05) is 0 Å². The van der Waals surface area contributed by atoms with E-state index in [2.05, 4.69) is 20.9 Å². The van der Waals surface area contributed by atoms with Crippen LogP contribution in [0.3, 0.4) is 0 Å². The third kappa shape index (κ3) is 4.63. The Hall–Kier alpha value is -1.98. The first-order valence-corrected chi connectivity index (χ1v) is 12.8. The Bertz CT molecular complexity index is 1060. The van der Waals surface area contributed by atoms with Gasteiger partial charge in [0.05, 0.1) is 34.4 Å². The lowest BCUT2D eigenvalue weighted by atomic mass is 10.2. The molecule has 0 bridgehead atoms. The zero-order valence-corrected chi connectivity index (χ0v) is 19.2. The summed E-state index contributed by atoms with van der Waals surface area (Å²) in [6.45, 7) is 7.54. The van der Waals surface area contributed by atoms with Crippen molar-refractivity contribution in [3.8, 4) is 11.4 Å². The van der Waals surface area contributed by atoms with Gasteiger partial charge in [-0.15, -0.1) is 11.3 Å². The summed E-state index contributed by atoms with van der Waals surface area (Å²) >= 11 is 1.78. The largest absolute Gasteiger partial charge is 0.378 e. The molecule has 5 heterocycles. The Morgan fingerprint density at radius 1 is 1.13 bits per heavy atom. The summed E-state index contributed by atoms with van der Waals surface area (Å²) < 4.78 is 20.4. The molecule has 2 saturated heterocycles. The number of piperazine rings is 1. The van der Waals surface area contributed by atoms with Gasteiger partial charge in [0.1, 0.15) is 0 Å². The van der Waals surface area contributed by atoms with Crippen LogP contribution in [0.4, 0.5) is 5.82 Å². The van der Waals surface area contributed by atoms with E-state index < -0.39 is 11.0 Å². The van der Waals surface area contributed by atoms with E-state index in [0.717, 1.165) is 80.6 Å². The van der Waals surface area contributed by atoms with Crippen molar-refractivity contribution in [3.05, 3.63) is 35.5 Å². The fourth-order valence-corrected chi connectivity index (χ4v) is 5.85. The van der Waals surface area contributed by atoms with Gasteiger partial charge in [-0.2, -0.15) is 0 Å². The Kier molecular flexibility index (Phi) is 6.24. The fourth-order valence-electron chi connectivity index (χ4n) is 4.02. The van der Waals surface area contributed by atoms with Gasteiger partial charge in [0.2, 0.25) is 0 Å². The predicted octanol–water partition coefficient (Wildman–Crippen LogP) is 2.00. The highest BCUT2D eigenvalue weighted by Gasteiger charge is 2.23. The van der Waals surface area contributed by atoms with Gasteiger partial charge in [0.25, 0.3) is 0 Å². The molecule has 10 heteroatoms. The van der Waals surface area contributed by atoms with Gasteiger partial charge in [-0.05, 0) is 18.2 Å². The number of hydrogen-bond acceptors (Lipinski definition) is 8. The van der Waals surface area contributed by atoms with Crippen LogP contribution in [0.15, 0.2) is 30.6 Å². The van der Waals surface area contributed by atoms with E-state index >= 15 is 0 Å². The number of pyridine rings is 1. The molecule has 1 unspecified atom stereocenters. The first kappa shape index (κ1) is 20.9. The monoisotopic (exact) mass is 458 g/mol. The Balaban J connectivity index is 1.45. The van der Waals surface area contributed by atoms with Gasteiger partial charge in [0, 0.05) is 74.9 Å². The highest BCUT2D eigenvalue weighted by molar-refractivity contribution is 7.81. The summed E-state index contributed by atoms with van der Waals surface area (Å²) in [6.07, 6.45) is 5.34. The molecule has 2 aliphatic rings. The lowest BCUT2D eigenvalue weighted by molar-refractivity contribution is 0.122. The van der Waals surface area contributed by atoms with Gasteiger partial charge in [0.15, 0.2) is 11.6 Å². The maximum Gasteiger partial charge on any atom is 0.163 e. The van der Waals surface area contributed by atoms with Gasteiger partial charge >= 0.3 is 0 Å². The molecular formula is C21H26N6O2S2. The van der Waals surface area contributed by atoms with Crippen LogP contribution in [-0.2, 0) is 22.3 Å². The average Bonchev–Trinajstić information content (AvgIpc) is 3.22. The molecule has 2 fully saturated rings. The molecule has 0 amide bonds. The van der Waals surface area contributed by atoms with Crippen LogP contribution in [0.5, 0.6) is 0 Å². The van der Waals surface area contributed by atoms with Crippen molar-refractivity contribution in [2.75, 3.05) is 63.6 Å². The van der Waals surface area contributed by atoms with Gasteiger partial charge < -0.3 is 9.64 Å². The lowest BCUT2D eigenvalue weighted by Gasteiger charge is -2.32. The van der Waals surface area contributed by atoms with E-state index in [4.69, 9.17) is 14.7 Å². The van der Waals surface area contributed by atoms with Crippen molar-refractivity contribution < 1.29 is 8.95 Å². The molecule has 0 saturated carbocycles. The number of hydrogen-bond donors (Lipinski definition) is 0. The Morgan fingerprint density at radius 2 is 1.94 bits per heavy atom. The standard InChI is InChI=1S/C21H26N6O2S2/c1-31(28)27-7-5-25(6-8-27)15-17-13-18-19(30-17)21(26-9-11-29-12-10-26)24-20(23-18)16-3-2-4-22-14-16/h2-4,13-14H,5-12,15H2,1H3. The molecule has 0 aliphatic carbocycles. The van der Waals surface area contributed by atoms with Crippen LogP contribution < -0.4 is 4.90 Å². The minimum atomic E-state index is -0.883. The highest BCUT2D eigenvalue weighted by Crippen LogP contribution is 2.35. The molecule has 0 aromatic carbocycles. The van der Waals surface area contributed by atoms with E-state index in [1.807, 2.05) is 22.6 Å². The van der Waals surface area contributed by atoms with Crippen molar-refractivity contribution in [2.45, 2.75) is 6.54 Å². The molecule has 164 valence electrons. The van der Waals surface area contributed by atoms with Gasteiger partial charge in [-0.3, -0.25) is 9.88 Å². The summed E-state index contributed by atoms with van der Waals surface area (Å²) in [5, 5.41) is 0. The normalized spacial score (nSPS) is 19.7. The molecule has 8 nitrogen and oxygen atoms in total. The average molecular weight is 459 g/mol. The number of aromatic nitrogens is 3. The Morgan fingerprint density at radius 3 is 2.65 bits per heavy atom. The number of morpholine rings is 1. The van der Waals surface area contributed by atoms with E-state index in [-0.39, 0.29) is 0 Å². The molecule has 5 rings (SSSR count). The minimum Gasteiger partial charge on any atom is -0.378 e. The molecular weight excluding hydrogens is 432 g/mol. The van der Waals surface area contributed by atoms with Crippen molar-refractivity contribution in [3.63, 3.8) is 0 Å². The number of thiophene rings is 1. The topological polar surface area (TPSA) is 74.7 Å². The third-order valence-electron chi connectivity index (χ3n) is 5.71. The van der Waals surface area contributed by atoms with E-state index in [1.165, 1.54) is 4.88 Å². The lowest BCUT2D eigenvalue weighted by Crippen LogP contribution is -2.46. The van der Waals surface area contributed by atoms with Crippen molar-refractivity contribution in [2.24, 2.45) is 0 Å². The quantitative estimate of drug-likeness (QED) is 0.579. The van der Waals surface area contributed by atoms with E-state index in [1.54, 1.807) is 23.8 Å². The smallest absolute Gasteiger partial charge is 0.163 e. The molecule has 0 N–H and O–H groups in total. The van der Waals surface area contributed by atoms with Crippen LogP contribution in [-0.4, -0.2) is 87.1 Å². The number of fused-ring (bicyclic) bond motifs is 1. The molecule has 1 atom stereocenters. The SMILES string of the molecule is CS(=O)N1CCN(Cc2cc3nc(-c4cccnc4)nc(N4CCOCC4)c3s2)CC1. The first-order chi connectivity index (χ1) is 15.2. The molecule has 0 radical (unpaired) electrons. The second-order valence-corrected chi connectivity index (χ2v) is 10.3. The molecule has 3 aromatic heterocycles. The van der Waals surface area contributed by atoms with Crippen LogP contribution >= 0.6 is 11.3 Å². The highest BCUT2D eigenvalue weighted by atomic mass is 32.2. The second-order valence-electron chi connectivity index (χ2n) is 7.77. The van der Waals surface area contributed by atoms with Crippen molar-refractivity contribution >= 4 is 38.4 Å². The summed E-state index contributed by atoms with van der Waals surface area (Å²) in [5.74, 6) is 1.71. The predicted molar refractivity (Wildman–Crippen MR) is 125 cm³/mol. The fraction of sp³-hybridized carbons (Fsp3) is 0.476. The summed E-state index contributed by atoms with van der Waals surface area (Å²) in [5.41, 5.74) is 1.92. The van der Waals surface area contributed by atoms with Crippen LogP contribution in [0.25, 0.3) is 21.6 Å². The minimum absolute atomic E-state index is 0.713. The zero-order chi connectivity index (χ0) is 21.2. The number of anilines is 1. The summed E-state index contributed by atoms with van der Waals surface area (Å²) in [6, 6.07) is 6.12. The number of ether oxygens (including phenoxy) is 1. The second kappa shape index (κ2) is 9.25. The van der Waals surface area contributed by atoms with Gasteiger partial charge in [-0.25, -0.2) is 18.5 Å². The van der Waals surface area contributed by atoms with Crippen LogP contribution in [0.1, 0.15) is 4.88 Å².